The molecule has 0 radical (unpaired) electrons. The summed E-state index contributed by atoms with van der Waals surface area (Å²) in [4.78, 5) is 11.3. The fourth-order valence-corrected chi connectivity index (χ4v) is 2.93. The summed E-state index contributed by atoms with van der Waals surface area (Å²) in [6, 6.07) is 2.96. The molecule has 0 amide bonds. The first-order valence-corrected chi connectivity index (χ1v) is 8.23. The zero-order valence-corrected chi connectivity index (χ0v) is 13.3. The van der Waals surface area contributed by atoms with E-state index in [9.17, 15) is 18.3 Å². The smallest absolute Gasteiger partial charge is 0.336 e. The summed E-state index contributed by atoms with van der Waals surface area (Å²) in [6.07, 6.45) is 1.63. The van der Waals surface area contributed by atoms with Crippen molar-refractivity contribution in [2.75, 3.05) is 6.26 Å². The minimum Gasteiger partial charge on any atom is -0.478 e. The third-order valence-corrected chi connectivity index (χ3v) is 4.51. The summed E-state index contributed by atoms with van der Waals surface area (Å²) in [7, 11) is -3.49. The number of benzene rings is 1. The van der Waals surface area contributed by atoms with Gasteiger partial charge in [0.1, 0.15) is 0 Å². The molecule has 0 heterocycles. The number of sulfone groups is 1. The monoisotopic (exact) mass is 296 g/mol. The van der Waals surface area contributed by atoms with Gasteiger partial charge in [0.15, 0.2) is 9.84 Å². The molecule has 5 heteroatoms. The van der Waals surface area contributed by atoms with Gasteiger partial charge in [-0.1, -0.05) is 12.5 Å². The number of allylic oxidation sites excluding steroid dienone is 2. The summed E-state index contributed by atoms with van der Waals surface area (Å²) in [5.41, 5.74) is 3.14. The van der Waals surface area contributed by atoms with Gasteiger partial charge in [0.25, 0.3) is 0 Å². The summed E-state index contributed by atoms with van der Waals surface area (Å²) < 4.78 is 23.9. The second-order valence-electron chi connectivity index (χ2n) is 5.06. The number of hydrogen-bond donors (Lipinski definition) is 1. The van der Waals surface area contributed by atoms with Gasteiger partial charge < -0.3 is 5.11 Å². The van der Waals surface area contributed by atoms with Crippen LogP contribution >= 0.6 is 0 Å². The minimum atomic E-state index is -3.49. The Bertz CT molecular complexity index is 678. The first-order chi connectivity index (χ1) is 9.09. The van der Waals surface area contributed by atoms with Crippen LogP contribution in [0.25, 0.3) is 5.57 Å². The molecule has 20 heavy (non-hydrogen) atoms. The zero-order chi connectivity index (χ0) is 15.7. The van der Waals surface area contributed by atoms with Crippen LogP contribution in [0.4, 0.5) is 0 Å². The van der Waals surface area contributed by atoms with E-state index < -0.39 is 15.8 Å². The van der Waals surface area contributed by atoms with Crippen LogP contribution in [0.3, 0.4) is 0 Å². The maximum atomic E-state index is 11.9. The molecule has 1 N–H and O–H groups in total. The molecule has 0 aromatic heterocycles. The summed E-state index contributed by atoms with van der Waals surface area (Å²) >= 11 is 0. The summed E-state index contributed by atoms with van der Waals surface area (Å²) in [6.45, 7) is 7.50. The Labute approximate surface area is 120 Å². The van der Waals surface area contributed by atoms with Crippen molar-refractivity contribution in [3.63, 3.8) is 0 Å². The van der Waals surface area contributed by atoms with E-state index in [1.54, 1.807) is 6.07 Å². The molecule has 0 bridgehead atoms. The van der Waals surface area contributed by atoms with Crippen molar-refractivity contribution >= 4 is 21.4 Å². The molecular weight excluding hydrogens is 276 g/mol. The molecule has 4 nitrogen and oxygen atoms in total. The molecule has 0 aliphatic heterocycles. The lowest BCUT2D eigenvalue weighted by molar-refractivity contribution is 0.0695. The van der Waals surface area contributed by atoms with Gasteiger partial charge in [-0.25, -0.2) is 13.2 Å². The van der Waals surface area contributed by atoms with E-state index in [4.69, 9.17) is 0 Å². The average Bonchev–Trinajstić information content (AvgIpc) is 2.34. The van der Waals surface area contributed by atoms with Crippen LogP contribution in [0.1, 0.15) is 49.2 Å². The molecular formula is C15H20O4S. The van der Waals surface area contributed by atoms with Crippen LogP contribution in [-0.4, -0.2) is 25.7 Å². The second-order valence-corrected chi connectivity index (χ2v) is 7.05. The highest BCUT2D eigenvalue weighted by Gasteiger charge is 2.20. The van der Waals surface area contributed by atoms with Gasteiger partial charge in [0.2, 0.25) is 0 Å². The van der Waals surface area contributed by atoms with Crippen molar-refractivity contribution < 1.29 is 18.3 Å². The lowest BCUT2D eigenvalue weighted by Gasteiger charge is -2.14. The lowest BCUT2D eigenvalue weighted by atomic mass is 9.96. The van der Waals surface area contributed by atoms with Crippen molar-refractivity contribution in [1.82, 2.24) is 0 Å². The number of carbonyl (C=O) groups is 1. The number of hydrogen-bond acceptors (Lipinski definition) is 3. The van der Waals surface area contributed by atoms with E-state index in [-0.39, 0.29) is 10.5 Å². The van der Waals surface area contributed by atoms with E-state index in [0.717, 1.165) is 17.4 Å². The van der Waals surface area contributed by atoms with Gasteiger partial charge in [-0.2, -0.15) is 0 Å². The van der Waals surface area contributed by atoms with E-state index in [1.807, 2.05) is 27.7 Å². The largest absolute Gasteiger partial charge is 0.478 e. The second kappa shape index (κ2) is 5.79. The van der Waals surface area contributed by atoms with Crippen LogP contribution in [0, 0.1) is 0 Å². The van der Waals surface area contributed by atoms with E-state index in [2.05, 4.69) is 0 Å². The molecule has 1 aromatic carbocycles. The maximum absolute atomic E-state index is 11.9. The van der Waals surface area contributed by atoms with Crippen LogP contribution in [0.2, 0.25) is 0 Å². The van der Waals surface area contributed by atoms with Crippen molar-refractivity contribution in [1.29, 1.82) is 0 Å². The molecule has 1 rings (SSSR count). The Morgan fingerprint density at radius 2 is 1.70 bits per heavy atom. The lowest BCUT2D eigenvalue weighted by Crippen LogP contribution is -2.09. The molecule has 1 aromatic rings. The first kappa shape index (κ1) is 16.4. The fraction of sp³-hybridized carbons (Fsp3) is 0.400. The third-order valence-electron chi connectivity index (χ3n) is 3.37. The van der Waals surface area contributed by atoms with Crippen molar-refractivity contribution in [2.24, 2.45) is 0 Å². The predicted octanol–water partition coefficient (Wildman–Crippen LogP) is 3.16. The highest BCUT2D eigenvalue weighted by Crippen LogP contribution is 2.29. The SMILES string of the molecule is CCc1cc(C(C)=C(C)C)c(S(C)(=O)=O)cc1C(=O)O. The first-order valence-electron chi connectivity index (χ1n) is 6.34. The maximum Gasteiger partial charge on any atom is 0.336 e. The topological polar surface area (TPSA) is 71.4 Å². The molecule has 0 unspecified atom stereocenters. The van der Waals surface area contributed by atoms with Crippen LogP contribution < -0.4 is 0 Å². The number of aromatic carboxylic acids is 1. The van der Waals surface area contributed by atoms with Crippen molar-refractivity contribution in [3.8, 4) is 0 Å². The van der Waals surface area contributed by atoms with E-state index in [1.165, 1.54) is 6.07 Å². The molecule has 0 fully saturated rings. The average molecular weight is 296 g/mol. The van der Waals surface area contributed by atoms with Gasteiger partial charge in [-0.3, -0.25) is 0 Å². The normalized spacial score (nSPS) is 11.2. The Morgan fingerprint density at radius 1 is 1.15 bits per heavy atom. The Balaban J connectivity index is 3.84. The van der Waals surface area contributed by atoms with E-state index >= 15 is 0 Å². The van der Waals surface area contributed by atoms with Crippen LogP contribution in [0.5, 0.6) is 0 Å². The summed E-state index contributed by atoms with van der Waals surface area (Å²) in [5, 5.41) is 9.22. The predicted molar refractivity (Wildman–Crippen MR) is 79.8 cm³/mol. The van der Waals surface area contributed by atoms with Gasteiger partial charge in [-0.15, -0.1) is 0 Å². The molecule has 110 valence electrons. The van der Waals surface area contributed by atoms with Gasteiger partial charge in [-0.05, 0) is 56.0 Å². The molecule has 0 saturated carbocycles. The zero-order valence-electron chi connectivity index (χ0n) is 12.4. The fourth-order valence-electron chi connectivity index (χ4n) is 1.99. The minimum absolute atomic E-state index is 0.0539. The van der Waals surface area contributed by atoms with Crippen LogP contribution in [-0.2, 0) is 16.3 Å². The highest BCUT2D eigenvalue weighted by molar-refractivity contribution is 7.90. The van der Waals surface area contributed by atoms with Crippen molar-refractivity contribution in [3.05, 3.63) is 34.4 Å². The van der Waals surface area contributed by atoms with Crippen LogP contribution in [0.15, 0.2) is 22.6 Å². The Morgan fingerprint density at radius 3 is 2.05 bits per heavy atom. The van der Waals surface area contributed by atoms with Crippen molar-refractivity contribution in [2.45, 2.75) is 39.0 Å². The Hall–Kier alpha value is -1.62. The number of carboxylic acid groups (broad SMARTS) is 1. The molecule has 0 aliphatic rings. The summed E-state index contributed by atoms with van der Waals surface area (Å²) in [5.74, 6) is -1.10. The third kappa shape index (κ3) is 3.28. The number of carboxylic acids is 1. The Kier molecular flexibility index (Phi) is 4.76. The molecule has 0 aliphatic carbocycles. The number of aryl methyl sites for hydroxylation is 1. The van der Waals surface area contributed by atoms with Gasteiger partial charge in [0.05, 0.1) is 10.5 Å². The quantitative estimate of drug-likeness (QED) is 0.926. The van der Waals surface area contributed by atoms with E-state index in [0.29, 0.717) is 17.5 Å². The van der Waals surface area contributed by atoms with Gasteiger partial charge in [0, 0.05) is 6.26 Å². The standard InChI is InChI=1S/C15H20O4S/c1-6-11-7-12(10(4)9(2)3)14(20(5,18)19)8-13(11)15(16)17/h7-8H,6H2,1-5H3,(H,16,17). The highest BCUT2D eigenvalue weighted by atomic mass is 32.2. The molecule has 0 atom stereocenters. The van der Waals surface area contributed by atoms with Gasteiger partial charge >= 0.3 is 5.97 Å². The molecule has 0 saturated heterocycles. The molecule has 0 spiro atoms. The number of rotatable bonds is 4.